The summed E-state index contributed by atoms with van der Waals surface area (Å²) in [5.41, 5.74) is 1.01. The fourth-order valence-corrected chi connectivity index (χ4v) is 2.14. The molecule has 114 valence electrons. The van der Waals surface area contributed by atoms with E-state index in [0.29, 0.717) is 18.3 Å². The van der Waals surface area contributed by atoms with Crippen LogP contribution in [-0.2, 0) is 13.0 Å². The zero-order valence-corrected chi connectivity index (χ0v) is 12.6. The van der Waals surface area contributed by atoms with E-state index in [1.165, 1.54) is 0 Å². The number of hydrogen-bond acceptors (Lipinski definition) is 6. The molecule has 6 heteroatoms. The Labute approximate surface area is 124 Å². The molecule has 0 aliphatic heterocycles. The summed E-state index contributed by atoms with van der Waals surface area (Å²) in [5.74, 6) is 1.98. The van der Waals surface area contributed by atoms with Gasteiger partial charge in [0.05, 0.1) is 26.3 Å². The predicted molar refractivity (Wildman–Crippen MR) is 78.0 cm³/mol. The molecule has 0 saturated carbocycles. The zero-order valence-electron chi connectivity index (χ0n) is 12.6. The van der Waals surface area contributed by atoms with Crippen LogP contribution in [0, 0.1) is 0 Å². The second-order valence-electron chi connectivity index (χ2n) is 4.83. The van der Waals surface area contributed by atoms with E-state index in [9.17, 15) is 5.11 Å². The van der Waals surface area contributed by atoms with Gasteiger partial charge < -0.3 is 14.3 Å². The molecule has 1 aromatic heterocycles. The smallest absolute Gasteiger partial charge is 0.230 e. The third-order valence-corrected chi connectivity index (χ3v) is 3.40. The Morgan fingerprint density at radius 3 is 2.43 bits per heavy atom. The Morgan fingerprint density at radius 1 is 1.24 bits per heavy atom. The second kappa shape index (κ2) is 7.19. The molecule has 2 aromatic rings. The van der Waals surface area contributed by atoms with Gasteiger partial charge in [-0.1, -0.05) is 19.1 Å². The van der Waals surface area contributed by atoms with Gasteiger partial charge in [-0.25, -0.2) is 0 Å². The summed E-state index contributed by atoms with van der Waals surface area (Å²) in [6.45, 7) is 2.47. The SMILES string of the molecule is CCc1nnc(CN(C)C(CO)c2ccc(OC)cc2)o1. The quantitative estimate of drug-likeness (QED) is 0.839. The van der Waals surface area contributed by atoms with Crippen molar-refractivity contribution in [2.75, 3.05) is 20.8 Å². The van der Waals surface area contributed by atoms with E-state index in [-0.39, 0.29) is 12.6 Å². The van der Waals surface area contributed by atoms with Crippen LogP contribution in [0.2, 0.25) is 0 Å². The van der Waals surface area contributed by atoms with Crippen molar-refractivity contribution in [1.82, 2.24) is 15.1 Å². The summed E-state index contributed by atoms with van der Waals surface area (Å²) < 4.78 is 10.6. The van der Waals surface area contributed by atoms with Crippen LogP contribution >= 0.6 is 0 Å². The first-order valence-corrected chi connectivity index (χ1v) is 6.94. The summed E-state index contributed by atoms with van der Waals surface area (Å²) in [6.07, 6.45) is 0.721. The molecule has 0 bridgehead atoms. The number of aliphatic hydroxyl groups is 1. The molecule has 1 unspecified atom stereocenters. The maximum absolute atomic E-state index is 9.67. The van der Waals surface area contributed by atoms with Crippen LogP contribution in [0.5, 0.6) is 5.75 Å². The molecule has 21 heavy (non-hydrogen) atoms. The monoisotopic (exact) mass is 291 g/mol. The number of aryl methyl sites for hydroxylation is 1. The van der Waals surface area contributed by atoms with Crippen LogP contribution in [0.15, 0.2) is 28.7 Å². The topological polar surface area (TPSA) is 71.6 Å². The highest BCUT2D eigenvalue weighted by molar-refractivity contribution is 5.29. The lowest BCUT2D eigenvalue weighted by Gasteiger charge is -2.25. The van der Waals surface area contributed by atoms with Gasteiger partial charge >= 0.3 is 0 Å². The van der Waals surface area contributed by atoms with Crippen LogP contribution in [0.25, 0.3) is 0 Å². The zero-order chi connectivity index (χ0) is 15.2. The summed E-state index contributed by atoms with van der Waals surface area (Å²) in [6, 6.07) is 7.53. The van der Waals surface area contributed by atoms with Crippen molar-refractivity contribution in [3.8, 4) is 5.75 Å². The number of aromatic nitrogens is 2. The van der Waals surface area contributed by atoms with Crippen molar-refractivity contribution in [1.29, 1.82) is 0 Å². The van der Waals surface area contributed by atoms with Gasteiger partial charge in [0.2, 0.25) is 11.8 Å². The van der Waals surface area contributed by atoms with Gasteiger partial charge in [-0.2, -0.15) is 0 Å². The Hall–Kier alpha value is -1.92. The summed E-state index contributed by atoms with van der Waals surface area (Å²) in [7, 11) is 3.55. The summed E-state index contributed by atoms with van der Waals surface area (Å²) >= 11 is 0. The molecule has 1 aromatic carbocycles. The van der Waals surface area contributed by atoms with Crippen LogP contribution in [0.1, 0.15) is 30.3 Å². The minimum Gasteiger partial charge on any atom is -0.497 e. The standard InChI is InChI=1S/C15H21N3O3/c1-4-14-16-17-15(21-14)9-18(2)13(10-19)11-5-7-12(20-3)8-6-11/h5-8,13,19H,4,9-10H2,1-3H3. The van der Waals surface area contributed by atoms with Crippen molar-refractivity contribution in [3.63, 3.8) is 0 Å². The van der Waals surface area contributed by atoms with Crippen molar-refractivity contribution in [2.24, 2.45) is 0 Å². The number of benzene rings is 1. The number of likely N-dealkylation sites (N-methyl/N-ethyl adjacent to an activating group) is 1. The van der Waals surface area contributed by atoms with Crippen molar-refractivity contribution < 1.29 is 14.3 Å². The molecule has 0 aliphatic rings. The molecule has 0 radical (unpaired) electrons. The minimum atomic E-state index is -0.132. The van der Waals surface area contributed by atoms with E-state index in [4.69, 9.17) is 9.15 Å². The molecule has 1 heterocycles. The number of aliphatic hydroxyl groups excluding tert-OH is 1. The fraction of sp³-hybridized carbons (Fsp3) is 0.467. The molecule has 0 fully saturated rings. The molecule has 1 atom stereocenters. The summed E-state index contributed by atoms with van der Waals surface area (Å²) in [5, 5.41) is 17.6. The maximum atomic E-state index is 9.67. The van der Waals surface area contributed by atoms with Crippen LogP contribution < -0.4 is 4.74 Å². The molecule has 1 N–H and O–H groups in total. The number of ether oxygens (including phenoxy) is 1. The highest BCUT2D eigenvalue weighted by atomic mass is 16.5. The lowest BCUT2D eigenvalue weighted by atomic mass is 10.1. The predicted octanol–water partition coefficient (Wildman–Crippen LogP) is 1.81. The third kappa shape index (κ3) is 3.80. The molecule has 2 rings (SSSR count). The number of rotatable bonds is 7. The largest absolute Gasteiger partial charge is 0.497 e. The first kappa shape index (κ1) is 15.5. The first-order valence-electron chi connectivity index (χ1n) is 6.94. The van der Waals surface area contributed by atoms with Gasteiger partial charge in [0, 0.05) is 6.42 Å². The summed E-state index contributed by atoms with van der Waals surface area (Å²) in [4.78, 5) is 1.98. The molecule has 6 nitrogen and oxygen atoms in total. The van der Waals surface area contributed by atoms with Crippen LogP contribution in [0.4, 0.5) is 0 Å². The number of hydrogen-bond donors (Lipinski definition) is 1. The lowest BCUT2D eigenvalue weighted by molar-refractivity contribution is 0.133. The van der Waals surface area contributed by atoms with E-state index >= 15 is 0 Å². The molecular weight excluding hydrogens is 270 g/mol. The Kier molecular flexibility index (Phi) is 5.30. The second-order valence-corrected chi connectivity index (χ2v) is 4.83. The highest BCUT2D eigenvalue weighted by Gasteiger charge is 2.18. The van der Waals surface area contributed by atoms with E-state index in [2.05, 4.69) is 10.2 Å². The average Bonchev–Trinajstić information content (AvgIpc) is 2.96. The number of nitrogens with zero attached hydrogens (tertiary/aromatic N) is 3. The maximum Gasteiger partial charge on any atom is 0.230 e. The van der Waals surface area contributed by atoms with E-state index < -0.39 is 0 Å². The van der Waals surface area contributed by atoms with Gasteiger partial charge in [-0.05, 0) is 24.7 Å². The molecular formula is C15H21N3O3. The van der Waals surface area contributed by atoms with Gasteiger partial charge in [0.1, 0.15) is 5.75 Å². The molecule has 0 spiro atoms. The first-order chi connectivity index (χ1) is 10.2. The van der Waals surface area contributed by atoms with Gasteiger partial charge in [-0.15, -0.1) is 10.2 Å². The highest BCUT2D eigenvalue weighted by Crippen LogP contribution is 2.23. The van der Waals surface area contributed by atoms with E-state index in [1.54, 1.807) is 7.11 Å². The fourth-order valence-electron chi connectivity index (χ4n) is 2.14. The number of methoxy groups -OCH3 is 1. The van der Waals surface area contributed by atoms with Gasteiger partial charge in [0.25, 0.3) is 0 Å². The Balaban J connectivity index is 2.07. The van der Waals surface area contributed by atoms with Crippen molar-refractivity contribution >= 4 is 0 Å². The Morgan fingerprint density at radius 2 is 1.90 bits per heavy atom. The van der Waals surface area contributed by atoms with Gasteiger partial charge in [0.15, 0.2) is 0 Å². The molecule has 0 saturated heterocycles. The third-order valence-electron chi connectivity index (χ3n) is 3.40. The van der Waals surface area contributed by atoms with Crippen LogP contribution in [0.3, 0.4) is 0 Å². The molecule has 0 aliphatic carbocycles. The lowest BCUT2D eigenvalue weighted by Crippen LogP contribution is -2.27. The minimum absolute atomic E-state index is 0.0115. The van der Waals surface area contributed by atoms with E-state index in [1.807, 2.05) is 43.1 Å². The van der Waals surface area contributed by atoms with E-state index in [0.717, 1.165) is 17.7 Å². The van der Waals surface area contributed by atoms with Crippen LogP contribution in [-0.4, -0.2) is 41.0 Å². The Bertz CT molecular complexity index is 554. The van der Waals surface area contributed by atoms with Crippen molar-refractivity contribution in [3.05, 3.63) is 41.6 Å². The normalized spacial score (nSPS) is 12.6. The molecule has 0 amide bonds. The van der Waals surface area contributed by atoms with Gasteiger partial charge in [-0.3, -0.25) is 4.90 Å². The van der Waals surface area contributed by atoms with Crippen molar-refractivity contribution in [2.45, 2.75) is 25.9 Å². The average molecular weight is 291 g/mol.